The molecule has 1 aliphatic heterocycles. The fourth-order valence-electron chi connectivity index (χ4n) is 2.72. The maximum Gasteiger partial charge on any atom is 0.272 e. The largest absolute Gasteiger partial charge is 0.497 e. The molecule has 0 unspecified atom stereocenters. The van der Waals surface area contributed by atoms with Crippen molar-refractivity contribution >= 4 is 34.8 Å². The zero-order valence-electron chi connectivity index (χ0n) is 14.5. The molecule has 0 saturated carbocycles. The van der Waals surface area contributed by atoms with Gasteiger partial charge in [-0.05, 0) is 42.0 Å². The van der Waals surface area contributed by atoms with Crippen LogP contribution in [0.2, 0.25) is 0 Å². The van der Waals surface area contributed by atoms with Crippen molar-refractivity contribution in [2.24, 2.45) is 0 Å². The predicted octanol–water partition coefficient (Wildman–Crippen LogP) is 2.58. The van der Waals surface area contributed by atoms with Gasteiger partial charge in [0.25, 0.3) is 11.8 Å². The van der Waals surface area contributed by atoms with Gasteiger partial charge in [-0.25, -0.2) is 4.90 Å². The molecule has 0 spiro atoms. The van der Waals surface area contributed by atoms with Gasteiger partial charge in [-0.1, -0.05) is 12.1 Å². The van der Waals surface area contributed by atoms with Crippen LogP contribution in [0, 0.1) is 11.3 Å². The smallest absolute Gasteiger partial charge is 0.272 e. The second kappa shape index (κ2) is 8.08. The van der Waals surface area contributed by atoms with Crippen molar-refractivity contribution in [3.8, 4) is 11.8 Å². The Hall–Kier alpha value is -3.08. The summed E-state index contributed by atoms with van der Waals surface area (Å²) >= 11 is 1.15. The number of anilines is 1. The van der Waals surface area contributed by atoms with Crippen molar-refractivity contribution in [1.82, 2.24) is 0 Å². The van der Waals surface area contributed by atoms with E-state index in [4.69, 9.17) is 15.1 Å². The van der Waals surface area contributed by atoms with Crippen LogP contribution in [-0.2, 0) is 9.59 Å². The van der Waals surface area contributed by atoms with Crippen LogP contribution in [0.25, 0.3) is 5.57 Å². The third-order valence-corrected chi connectivity index (χ3v) is 5.07. The van der Waals surface area contributed by atoms with Crippen LogP contribution >= 0.6 is 11.8 Å². The highest BCUT2D eigenvalue weighted by molar-refractivity contribution is 8.04. The number of aliphatic hydroxyl groups is 1. The summed E-state index contributed by atoms with van der Waals surface area (Å²) in [5.74, 6) is 0.0730. The monoisotopic (exact) mass is 380 g/mol. The van der Waals surface area contributed by atoms with E-state index in [9.17, 15) is 9.59 Å². The summed E-state index contributed by atoms with van der Waals surface area (Å²) in [5.41, 5.74) is 1.74. The molecule has 0 radical (unpaired) electrons. The van der Waals surface area contributed by atoms with Gasteiger partial charge >= 0.3 is 0 Å². The summed E-state index contributed by atoms with van der Waals surface area (Å²) in [6, 6.07) is 15.1. The zero-order valence-corrected chi connectivity index (χ0v) is 15.3. The fourth-order valence-corrected chi connectivity index (χ4v) is 3.58. The highest BCUT2D eigenvalue weighted by Gasteiger charge is 2.40. The van der Waals surface area contributed by atoms with Gasteiger partial charge in [0.15, 0.2) is 0 Å². The summed E-state index contributed by atoms with van der Waals surface area (Å²) in [6.45, 7) is -0.109. The Kier molecular flexibility index (Phi) is 5.60. The Morgan fingerprint density at radius 2 is 1.74 bits per heavy atom. The number of thioether (sulfide) groups is 1. The minimum Gasteiger partial charge on any atom is -0.497 e. The number of aliphatic hydroxyl groups excluding tert-OH is 1. The average Bonchev–Trinajstić information content (AvgIpc) is 2.96. The molecule has 2 aromatic carbocycles. The zero-order chi connectivity index (χ0) is 19.4. The third-order valence-electron chi connectivity index (χ3n) is 4.01. The maximum atomic E-state index is 13.1. The number of benzene rings is 2. The summed E-state index contributed by atoms with van der Waals surface area (Å²) in [7, 11) is 1.55. The van der Waals surface area contributed by atoms with Gasteiger partial charge in [0, 0.05) is 5.75 Å². The molecule has 0 aliphatic carbocycles. The van der Waals surface area contributed by atoms with Crippen LogP contribution in [0.5, 0.6) is 5.75 Å². The van der Waals surface area contributed by atoms with Crippen molar-refractivity contribution in [3.05, 3.63) is 64.6 Å². The number of methoxy groups -OCH3 is 1. The van der Waals surface area contributed by atoms with Gasteiger partial charge in [-0.3, -0.25) is 9.59 Å². The normalized spacial score (nSPS) is 13.9. The van der Waals surface area contributed by atoms with E-state index in [2.05, 4.69) is 0 Å². The Morgan fingerprint density at radius 3 is 2.30 bits per heavy atom. The van der Waals surface area contributed by atoms with Crippen LogP contribution in [0.4, 0.5) is 5.69 Å². The Bertz CT molecular complexity index is 943. The number of hydrogen-bond donors (Lipinski definition) is 1. The third kappa shape index (κ3) is 3.58. The molecule has 7 heteroatoms. The first-order valence-corrected chi connectivity index (χ1v) is 9.10. The van der Waals surface area contributed by atoms with E-state index in [1.807, 2.05) is 6.07 Å². The molecule has 2 aromatic rings. The maximum absolute atomic E-state index is 13.1. The van der Waals surface area contributed by atoms with E-state index in [-0.39, 0.29) is 6.61 Å². The van der Waals surface area contributed by atoms with E-state index < -0.39 is 11.8 Å². The molecular weight excluding hydrogens is 364 g/mol. The quantitative estimate of drug-likeness (QED) is 0.775. The summed E-state index contributed by atoms with van der Waals surface area (Å²) in [6.07, 6.45) is 0. The molecule has 0 aromatic heterocycles. The molecule has 0 bridgehead atoms. The van der Waals surface area contributed by atoms with E-state index in [1.165, 1.54) is 0 Å². The van der Waals surface area contributed by atoms with Gasteiger partial charge in [0.1, 0.15) is 5.75 Å². The lowest BCUT2D eigenvalue weighted by atomic mass is 10.1. The first kappa shape index (κ1) is 18.7. The van der Waals surface area contributed by atoms with E-state index in [0.29, 0.717) is 38.8 Å². The minimum atomic E-state index is -0.436. The van der Waals surface area contributed by atoms with Crippen LogP contribution < -0.4 is 9.64 Å². The number of imide groups is 1. The second-order valence-electron chi connectivity index (χ2n) is 5.61. The number of hydrogen-bond acceptors (Lipinski definition) is 6. The number of carbonyl (C=O) groups excluding carboxylic acids is 2. The molecule has 136 valence electrons. The van der Waals surface area contributed by atoms with Gasteiger partial charge < -0.3 is 9.84 Å². The lowest BCUT2D eigenvalue weighted by Crippen LogP contribution is -2.31. The number of nitrogens with zero attached hydrogens (tertiary/aromatic N) is 2. The first-order valence-electron chi connectivity index (χ1n) is 8.12. The molecule has 1 N–H and O–H groups in total. The number of amides is 2. The number of nitriles is 1. The van der Waals surface area contributed by atoms with E-state index in [1.54, 1.807) is 55.6 Å². The SMILES string of the molecule is COc1ccc(C2=C(SCCO)C(=O)N(c3ccc(C#N)cc3)C2=O)cc1. The Morgan fingerprint density at radius 1 is 1.07 bits per heavy atom. The second-order valence-corrected chi connectivity index (χ2v) is 6.71. The van der Waals surface area contributed by atoms with Crippen molar-refractivity contribution in [2.75, 3.05) is 24.4 Å². The van der Waals surface area contributed by atoms with Crippen molar-refractivity contribution in [2.45, 2.75) is 0 Å². The Balaban J connectivity index is 2.03. The molecule has 27 heavy (non-hydrogen) atoms. The lowest BCUT2D eigenvalue weighted by Gasteiger charge is -2.15. The number of ether oxygens (including phenoxy) is 1. The summed E-state index contributed by atoms with van der Waals surface area (Å²) < 4.78 is 5.14. The van der Waals surface area contributed by atoms with Gasteiger partial charge in [0.05, 0.1) is 41.5 Å². The topological polar surface area (TPSA) is 90.6 Å². The van der Waals surface area contributed by atoms with Crippen molar-refractivity contribution in [1.29, 1.82) is 5.26 Å². The average molecular weight is 380 g/mol. The fraction of sp³-hybridized carbons (Fsp3) is 0.150. The van der Waals surface area contributed by atoms with Gasteiger partial charge in [-0.2, -0.15) is 5.26 Å². The minimum absolute atomic E-state index is 0.109. The summed E-state index contributed by atoms with van der Waals surface area (Å²) in [4.78, 5) is 27.4. The van der Waals surface area contributed by atoms with Crippen LogP contribution in [0.1, 0.15) is 11.1 Å². The van der Waals surface area contributed by atoms with Gasteiger partial charge in [-0.15, -0.1) is 11.8 Å². The molecule has 6 nitrogen and oxygen atoms in total. The predicted molar refractivity (Wildman–Crippen MR) is 103 cm³/mol. The van der Waals surface area contributed by atoms with Crippen molar-refractivity contribution in [3.63, 3.8) is 0 Å². The number of carbonyl (C=O) groups is 2. The highest BCUT2D eigenvalue weighted by atomic mass is 32.2. The number of rotatable bonds is 6. The highest BCUT2D eigenvalue weighted by Crippen LogP contribution is 2.38. The van der Waals surface area contributed by atoms with Crippen LogP contribution in [-0.4, -0.2) is 36.4 Å². The molecular formula is C20H16N2O4S. The lowest BCUT2D eigenvalue weighted by molar-refractivity contribution is -0.119. The molecule has 0 saturated heterocycles. The first-order chi connectivity index (χ1) is 13.1. The van der Waals surface area contributed by atoms with Crippen LogP contribution in [0.3, 0.4) is 0 Å². The van der Waals surface area contributed by atoms with Gasteiger partial charge in [0.2, 0.25) is 0 Å². The molecule has 3 rings (SSSR count). The molecule has 0 atom stereocenters. The molecule has 2 amide bonds. The van der Waals surface area contributed by atoms with Crippen molar-refractivity contribution < 1.29 is 19.4 Å². The molecule has 1 aliphatic rings. The standard InChI is InChI=1S/C20H16N2O4S/c1-26-16-8-4-14(5-9-16)17-18(27-11-10-23)20(25)22(19(17)24)15-6-2-13(12-21)3-7-15/h2-9,23H,10-11H2,1H3. The molecule has 0 fully saturated rings. The van der Waals surface area contributed by atoms with E-state index >= 15 is 0 Å². The molecule has 1 heterocycles. The summed E-state index contributed by atoms with van der Waals surface area (Å²) in [5, 5.41) is 18.1. The Labute approximate surface area is 160 Å². The van der Waals surface area contributed by atoms with E-state index in [0.717, 1.165) is 16.7 Å². The van der Waals surface area contributed by atoms with Crippen LogP contribution in [0.15, 0.2) is 53.4 Å².